The zero-order valence-corrected chi connectivity index (χ0v) is 14.1. The molecule has 110 valence electrons. The van der Waals surface area contributed by atoms with Crippen LogP contribution in [0.25, 0.3) is 0 Å². The lowest BCUT2D eigenvalue weighted by Gasteiger charge is -2.39. The highest BCUT2D eigenvalue weighted by molar-refractivity contribution is 6.74. The van der Waals surface area contributed by atoms with E-state index in [1.807, 2.05) is 18.2 Å². The Bertz CT molecular complexity index is 479. The maximum absolute atomic E-state index is 11.8. The first-order valence-electron chi connectivity index (χ1n) is 7.23. The van der Waals surface area contributed by atoms with Crippen molar-refractivity contribution in [2.45, 2.75) is 57.5 Å². The summed E-state index contributed by atoms with van der Waals surface area (Å²) < 4.78 is 6.46. The minimum Gasteiger partial charge on any atom is -0.411 e. The van der Waals surface area contributed by atoms with Gasteiger partial charge in [0.05, 0.1) is 18.6 Å². The van der Waals surface area contributed by atoms with Gasteiger partial charge in [0.15, 0.2) is 8.32 Å². The maximum Gasteiger partial charge on any atom is 0.223 e. The molecule has 1 aliphatic rings. The Morgan fingerprint density at radius 1 is 1.20 bits per heavy atom. The number of rotatable bonds is 3. The summed E-state index contributed by atoms with van der Waals surface area (Å²) in [6.07, 6.45) is 0.414. The Morgan fingerprint density at radius 3 is 2.35 bits per heavy atom. The summed E-state index contributed by atoms with van der Waals surface area (Å²) in [4.78, 5) is 11.8. The highest BCUT2D eigenvalue weighted by atomic mass is 28.4. The SMILES string of the molecule is CC(C)(C)[Si](C)(C)O[C@H]1CC(=O)N[C@H]1c1ccccc1. The van der Waals surface area contributed by atoms with Gasteiger partial charge in [0.2, 0.25) is 5.91 Å². The van der Waals surface area contributed by atoms with E-state index in [2.05, 4.69) is 51.3 Å². The Morgan fingerprint density at radius 2 is 1.80 bits per heavy atom. The highest BCUT2D eigenvalue weighted by Crippen LogP contribution is 2.40. The molecule has 1 saturated heterocycles. The fourth-order valence-corrected chi connectivity index (χ4v) is 3.58. The van der Waals surface area contributed by atoms with Gasteiger partial charge in [-0.15, -0.1) is 0 Å². The van der Waals surface area contributed by atoms with Gasteiger partial charge in [-0.2, -0.15) is 0 Å². The van der Waals surface area contributed by atoms with E-state index in [4.69, 9.17) is 4.43 Å². The van der Waals surface area contributed by atoms with E-state index in [0.29, 0.717) is 6.42 Å². The van der Waals surface area contributed by atoms with Crippen molar-refractivity contribution in [3.05, 3.63) is 35.9 Å². The third-order valence-corrected chi connectivity index (χ3v) is 8.99. The molecule has 20 heavy (non-hydrogen) atoms. The fraction of sp³-hybridized carbons (Fsp3) is 0.562. The van der Waals surface area contributed by atoms with Crippen LogP contribution >= 0.6 is 0 Å². The van der Waals surface area contributed by atoms with Gasteiger partial charge < -0.3 is 9.74 Å². The Kier molecular flexibility index (Phi) is 4.07. The molecule has 1 aromatic rings. The van der Waals surface area contributed by atoms with Crippen LogP contribution in [0.5, 0.6) is 0 Å². The van der Waals surface area contributed by atoms with Crippen LogP contribution in [-0.2, 0) is 9.22 Å². The van der Waals surface area contributed by atoms with E-state index in [9.17, 15) is 4.79 Å². The first kappa shape index (κ1) is 15.3. The lowest BCUT2D eigenvalue weighted by Crippen LogP contribution is -2.45. The van der Waals surface area contributed by atoms with Crippen molar-refractivity contribution in [3.63, 3.8) is 0 Å². The Balaban J connectivity index is 2.20. The number of benzene rings is 1. The molecule has 1 N–H and O–H groups in total. The predicted octanol–water partition coefficient (Wildman–Crippen LogP) is 3.64. The van der Waals surface area contributed by atoms with Crippen LogP contribution in [0.3, 0.4) is 0 Å². The second-order valence-corrected chi connectivity index (χ2v) is 11.8. The summed E-state index contributed by atoms with van der Waals surface area (Å²) in [5, 5.41) is 3.21. The van der Waals surface area contributed by atoms with Gasteiger partial charge in [-0.05, 0) is 23.7 Å². The summed E-state index contributed by atoms with van der Waals surface area (Å²) in [7, 11) is -1.87. The lowest BCUT2D eigenvalue weighted by atomic mass is 10.0. The molecule has 0 radical (unpaired) electrons. The zero-order valence-electron chi connectivity index (χ0n) is 13.1. The number of carbonyl (C=O) groups excluding carboxylic acids is 1. The predicted molar refractivity (Wildman–Crippen MR) is 84.0 cm³/mol. The largest absolute Gasteiger partial charge is 0.411 e. The molecule has 0 spiro atoms. The molecule has 1 heterocycles. The van der Waals surface area contributed by atoms with E-state index < -0.39 is 8.32 Å². The number of hydrogen-bond donors (Lipinski definition) is 1. The number of nitrogens with one attached hydrogen (secondary N) is 1. The molecular formula is C16H25NO2Si. The summed E-state index contributed by atoms with van der Waals surface area (Å²) in [6, 6.07) is 10.1. The first-order chi connectivity index (χ1) is 9.21. The van der Waals surface area contributed by atoms with E-state index in [-0.39, 0.29) is 23.1 Å². The Labute approximate surface area is 122 Å². The van der Waals surface area contributed by atoms with Crippen LogP contribution in [0.4, 0.5) is 0 Å². The molecule has 1 aromatic carbocycles. The molecule has 1 amide bonds. The summed E-state index contributed by atoms with van der Waals surface area (Å²) in [6.45, 7) is 11.1. The average Bonchev–Trinajstić information content (AvgIpc) is 2.69. The van der Waals surface area contributed by atoms with Crippen LogP contribution in [0.15, 0.2) is 30.3 Å². The molecule has 0 saturated carbocycles. The van der Waals surface area contributed by atoms with Gasteiger partial charge in [-0.25, -0.2) is 0 Å². The molecular weight excluding hydrogens is 266 g/mol. The van der Waals surface area contributed by atoms with Crippen LogP contribution in [0.1, 0.15) is 38.8 Å². The summed E-state index contributed by atoms with van der Waals surface area (Å²) in [5.74, 6) is 0.0857. The quantitative estimate of drug-likeness (QED) is 0.864. The maximum atomic E-state index is 11.8. The van der Waals surface area contributed by atoms with Crippen molar-refractivity contribution in [3.8, 4) is 0 Å². The molecule has 0 unspecified atom stereocenters. The smallest absolute Gasteiger partial charge is 0.223 e. The summed E-state index contributed by atoms with van der Waals surface area (Å²) >= 11 is 0. The van der Waals surface area contributed by atoms with Crippen molar-refractivity contribution in [2.24, 2.45) is 0 Å². The molecule has 2 rings (SSSR count). The van der Waals surface area contributed by atoms with E-state index in [0.717, 1.165) is 5.56 Å². The molecule has 0 bridgehead atoms. The highest BCUT2D eigenvalue weighted by Gasteiger charge is 2.43. The van der Waals surface area contributed by atoms with Crippen molar-refractivity contribution >= 4 is 14.2 Å². The molecule has 0 aromatic heterocycles. The van der Waals surface area contributed by atoms with Crippen LogP contribution in [-0.4, -0.2) is 20.3 Å². The summed E-state index contributed by atoms with van der Waals surface area (Å²) in [5.41, 5.74) is 1.13. The lowest BCUT2D eigenvalue weighted by molar-refractivity contribution is -0.119. The molecule has 4 heteroatoms. The topological polar surface area (TPSA) is 38.3 Å². The van der Waals surface area contributed by atoms with Crippen molar-refractivity contribution < 1.29 is 9.22 Å². The molecule has 3 nitrogen and oxygen atoms in total. The first-order valence-corrected chi connectivity index (χ1v) is 10.1. The van der Waals surface area contributed by atoms with Gasteiger partial charge in [-0.1, -0.05) is 51.1 Å². The molecule has 0 aliphatic carbocycles. The van der Waals surface area contributed by atoms with Crippen LogP contribution in [0.2, 0.25) is 18.1 Å². The number of hydrogen-bond acceptors (Lipinski definition) is 2. The number of carbonyl (C=O) groups is 1. The zero-order chi connectivity index (χ0) is 15.0. The van der Waals surface area contributed by atoms with E-state index in [1.54, 1.807) is 0 Å². The average molecular weight is 291 g/mol. The molecule has 2 atom stereocenters. The standard InChI is InChI=1S/C16H25NO2Si/c1-16(2,3)20(4,5)19-13-11-14(18)17-15(13)12-9-7-6-8-10-12/h6-10,13,15H,11H2,1-5H3,(H,17,18)/t13-,15-/m0/s1. The van der Waals surface area contributed by atoms with E-state index >= 15 is 0 Å². The van der Waals surface area contributed by atoms with Crippen LogP contribution in [0, 0.1) is 0 Å². The fourth-order valence-electron chi connectivity index (χ4n) is 2.25. The van der Waals surface area contributed by atoms with Gasteiger partial charge in [0, 0.05) is 0 Å². The third-order valence-electron chi connectivity index (χ3n) is 4.49. The van der Waals surface area contributed by atoms with Gasteiger partial charge in [0.1, 0.15) is 0 Å². The second kappa shape index (κ2) is 5.33. The van der Waals surface area contributed by atoms with Crippen molar-refractivity contribution in [1.29, 1.82) is 0 Å². The third kappa shape index (κ3) is 3.12. The Hall–Kier alpha value is -1.13. The molecule has 1 aliphatic heterocycles. The van der Waals surface area contributed by atoms with Crippen molar-refractivity contribution in [1.82, 2.24) is 5.32 Å². The minimum atomic E-state index is -1.87. The van der Waals surface area contributed by atoms with Gasteiger partial charge >= 0.3 is 0 Å². The van der Waals surface area contributed by atoms with E-state index in [1.165, 1.54) is 0 Å². The number of amides is 1. The second-order valence-electron chi connectivity index (χ2n) is 7.08. The van der Waals surface area contributed by atoms with Crippen molar-refractivity contribution in [2.75, 3.05) is 0 Å². The van der Waals surface area contributed by atoms with Gasteiger partial charge in [0.25, 0.3) is 0 Å². The van der Waals surface area contributed by atoms with Crippen LogP contribution < -0.4 is 5.32 Å². The monoisotopic (exact) mass is 291 g/mol. The van der Waals surface area contributed by atoms with Gasteiger partial charge in [-0.3, -0.25) is 4.79 Å². The normalized spacial score (nSPS) is 23.8. The molecule has 1 fully saturated rings. The minimum absolute atomic E-state index is 0.0159.